The lowest BCUT2D eigenvalue weighted by molar-refractivity contribution is 0.0697. The number of carboxylic acids is 1. The van der Waals surface area contributed by atoms with Gasteiger partial charge >= 0.3 is 5.97 Å². The van der Waals surface area contributed by atoms with Crippen LogP contribution < -0.4 is 5.43 Å². The SMILES string of the molecule is O=C(O)c1ccc(-c2ccc(/C=N\NCc3c(Cl)cccc3Cl)o2)cc1. The van der Waals surface area contributed by atoms with E-state index < -0.39 is 5.97 Å². The molecule has 5 nitrogen and oxygen atoms in total. The second-order valence-corrected chi connectivity index (χ2v) is 6.19. The Hall–Kier alpha value is -2.76. The maximum absolute atomic E-state index is 10.9. The molecule has 0 aliphatic heterocycles. The van der Waals surface area contributed by atoms with Crippen molar-refractivity contribution in [2.75, 3.05) is 0 Å². The van der Waals surface area contributed by atoms with E-state index in [9.17, 15) is 4.79 Å². The number of carboxylic acid groups (broad SMARTS) is 1. The molecule has 0 spiro atoms. The molecule has 0 atom stereocenters. The average Bonchev–Trinajstić information content (AvgIpc) is 3.09. The summed E-state index contributed by atoms with van der Waals surface area (Å²) in [6.45, 7) is 0.388. The van der Waals surface area contributed by atoms with Crippen LogP contribution in [0.2, 0.25) is 10.0 Å². The molecule has 0 aliphatic rings. The first-order valence-electron chi connectivity index (χ1n) is 7.67. The van der Waals surface area contributed by atoms with Crippen molar-refractivity contribution in [3.8, 4) is 11.3 Å². The third kappa shape index (κ3) is 4.25. The van der Waals surface area contributed by atoms with Crippen LogP contribution in [0.4, 0.5) is 0 Å². The lowest BCUT2D eigenvalue weighted by Crippen LogP contribution is -2.06. The molecule has 0 unspecified atom stereocenters. The van der Waals surface area contributed by atoms with Gasteiger partial charge in [0.25, 0.3) is 0 Å². The minimum atomic E-state index is -0.964. The number of hydrogen-bond acceptors (Lipinski definition) is 4. The Balaban J connectivity index is 1.63. The third-order valence-corrected chi connectivity index (χ3v) is 4.35. The number of nitrogens with one attached hydrogen (secondary N) is 1. The van der Waals surface area contributed by atoms with E-state index in [0.29, 0.717) is 28.1 Å². The van der Waals surface area contributed by atoms with Crippen LogP contribution in [0.3, 0.4) is 0 Å². The van der Waals surface area contributed by atoms with Gasteiger partial charge in [0.2, 0.25) is 0 Å². The molecule has 0 amide bonds. The smallest absolute Gasteiger partial charge is 0.335 e. The van der Waals surface area contributed by atoms with Gasteiger partial charge in [0, 0.05) is 21.2 Å². The zero-order valence-corrected chi connectivity index (χ0v) is 15.0. The van der Waals surface area contributed by atoms with Crippen LogP contribution in [0.15, 0.2) is 64.1 Å². The third-order valence-electron chi connectivity index (χ3n) is 3.64. The second kappa shape index (κ2) is 8.08. The molecule has 0 saturated heterocycles. The Bertz CT molecular complexity index is 929. The standard InChI is InChI=1S/C19H14Cl2N2O3/c20-16-2-1-3-17(21)15(16)11-23-22-10-14-8-9-18(26-14)12-4-6-13(7-5-12)19(24)25/h1-10,23H,11H2,(H,24,25)/b22-10-. The van der Waals surface area contributed by atoms with Gasteiger partial charge in [0.15, 0.2) is 0 Å². The summed E-state index contributed by atoms with van der Waals surface area (Å²) in [6, 6.07) is 15.3. The first kappa shape index (κ1) is 18.0. The van der Waals surface area contributed by atoms with Gasteiger partial charge in [0.1, 0.15) is 11.5 Å². The van der Waals surface area contributed by atoms with Crippen LogP contribution in [0, 0.1) is 0 Å². The largest absolute Gasteiger partial charge is 0.478 e. The second-order valence-electron chi connectivity index (χ2n) is 5.38. The van der Waals surface area contributed by atoms with Crippen molar-refractivity contribution in [1.82, 2.24) is 5.43 Å². The fourth-order valence-electron chi connectivity index (χ4n) is 2.29. The molecule has 0 aliphatic carbocycles. The summed E-state index contributed by atoms with van der Waals surface area (Å²) < 4.78 is 5.68. The van der Waals surface area contributed by atoms with E-state index >= 15 is 0 Å². The molecule has 1 heterocycles. The molecule has 1 aromatic heterocycles. The van der Waals surface area contributed by atoms with Crippen molar-refractivity contribution < 1.29 is 14.3 Å². The Morgan fingerprint density at radius 1 is 1.08 bits per heavy atom. The lowest BCUT2D eigenvalue weighted by Gasteiger charge is -2.05. The van der Waals surface area contributed by atoms with Crippen LogP contribution in [0.1, 0.15) is 21.7 Å². The first-order chi connectivity index (χ1) is 12.5. The van der Waals surface area contributed by atoms with Crippen molar-refractivity contribution in [2.45, 2.75) is 6.54 Å². The van der Waals surface area contributed by atoms with Gasteiger partial charge in [-0.1, -0.05) is 41.4 Å². The molecule has 2 aromatic carbocycles. The van der Waals surface area contributed by atoms with Gasteiger partial charge in [-0.3, -0.25) is 0 Å². The molecule has 7 heteroatoms. The van der Waals surface area contributed by atoms with Crippen molar-refractivity contribution >= 4 is 35.4 Å². The highest BCUT2D eigenvalue weighted by atomic mass is 35.5. The number of hydrogen-bond donors (Lipinski definition) is 2. The molecule has 0 bridgehead atoms. The Labute approximate surface area is 159 Å². The Kier molecular flexibility index (Phi) is 5.61. The summed E-state index contributed by atoms with van der Waals surface area (Å²) in [6.07, 6.45) is 1.54. The molecular weight excluding hydrogens is 375 g/mol. The van der Waals surface area contributed by atoms with Gasteiger partial charge < -0.3 is 14.9 Å². The fraction of sp³-hybridized carbons (Fsp3) is 0.0526. The maximum atomic E-state index is 10.9. The van der Waals surface area contributed by atoms with Crippen molar-refractivity contribution in [2.24, 2.45) is 5.10 Å². The summed E-state index contributed by atoms with van der Waals surface area (Å²) in [7, 11) is 0. The minimum Gasteiger partial charge on any atom is -0.478 e. The predicted molar refractivity (Wildman–Crippen MR) is 102 cm³/mol. The van der Waals surface area contributed by atoms with Crippen molar-refractivity contribution in [1.29, 1.82) is 0 Å². The molecule has 0 saturated carbocycles. The normalized spacial score (nSPS) is 11.0. The van der Waals surface area contributed by atoms with E-state index in [4.69, 9.17) is 32.7 Å². The van der Waals surface area contributed by atoms with E-state index in [-0.39, 0.29) is 5.56 Å². The monoisotopic (exact) mass is 388 g/mol. The van der Waals surface area contributed by atoms with Crippen LogP contribution in [-0.2, 0) is 6.54 Å². The van der Waals surface area contributed by atoms with E-state index in [2.05, 4.69) is 10.5 Å². The molecule has 2 N–H and O–H groups in total. The number of aromatic carboxylic acids is 1. The van der Waals surface area contributed by atoms with Gasteiger partial charge in [0.05, 0.1) is 18.3 Å². The molecular formula is C19H14Cl2N2O3. The molecule has 3 rings (SSSR count). The topological polar surface area (TPSA) is 74.8 Å². The number of nitrogens with zero attached hydrogens (tertiary/aromatic N) is 1. The van der Waals surface area contributed by atoms with Gasteiger partial charge in [-0.2, -0.15) is 5.10 Å². The van der Waals surface area contributed by atoms with E-state index in [1.54, 1.807) is 48.7 Å². The zero-order valence-electron chi connectivity index (χ0n) is 13.4. The molecule has 0 fully saturated rings. The minimum absolute atomic E-state index is 0.226. The van der Waals surface area contributed by atoms with Crippen LogP contribution in [0.25, 0.3) is 11.3 Å². The maximum Gasteiger partial charge on any atom is 0.335 e. The van der Waals surface area contributed by atoms with E-state index in [1.807, 2.05) is 0 Å². The number of furan rings is 1. The van der Waals surface area contributed by atoms with Crippen molar-refractivity contribution in [3.05, 3.63) is 81.5 Å². The molecule has 0 radical (unpaired) electrons. The highest BCUT2D eigenvalue weighted by Crippen LogP contribution is 2.24. The zero-order chi connectivity index (χ0) is 18.5. The van der Waals surface area contributed by atoms with Crippen LogP contribution >= 0.6 is 23.2 Å². The molecule has 132 valence electrons. The first-order valence-corrected chi connectivity index (χ1v) is 8.42. The summed E-state index contributed by atoms with van der Waals surface area (Å²) in [4.78, 5) is 10.9. The number of halogens is 2. The average molecular weight is 389 g/mol. The summed E-state index contributed by atoms with van der Waals surface area (Å²) in [5.41, 5.74) is 4.66. The van der Waals surface area contributed by atoms with E-state index in [0.717, 1.165) is 11.1 Å². The Morgan fingerprint density at radius 3 is 2.42 bits per heavy atom. The summed E-state index contributed by atoms with van der Waals surface area (Å²) in [5.74, 6) is 0.214. The molecule has 3 aromatic rings. The van der Waals surface area contributed by atoms with Gasteiger partial charge in [-0.15, -0.1) is 0 Å². The quantitative estimate of drug-likeness (QED) is 0.456. The molecule has 26 heavy (non-hydrogen) atoms. The number of hydrazone groups is 1. The number of rotatable bonds is 6. The fourth-order valence-corrected chi connectivity index (χ4v) is 2.82. The lowest BCUT2D eigenvalue weighted by atomic mass is 10.1. The van der Waals surface area contributed by atoms with Crippen LogP contribution in [0.5, 0.6) is 0 Å². The number of carbonyl (C=O) groups is 1. The Morgan fingerprint density at radius 2 is 1.77 bits per heavy atom. The van der Waals surface area contributed by atoms with E-state index in [1.165, 1.54) is 12.1 Å². The van der Waals surface area contributed by atoms with Crippen LogP contribution in [-0.4, -0.2) is 17.3 Å². The van der Waals surface area contributed by atoms with Crippen molar-refractivity contribution in [3.63, 3.8) is 0 Å². The summed E-state index contributed by atoms with van der Waals surface area (Å²) >= 11 is 12.2. The number of benzene rings is 2. The van der Waals surface area contributed by atoms with Gasteiger partial charge in [-0.25, -0.2) is 4.79 Å². The highest BCUT2D eigenvalue weighted by molar-refractivity contribution is 6.35. The predicted octanol–water partition coefficient (Wildman–Crippen LogP) is 5.08. The highest BCUT2D eigenvalue weighted by Gasteiger charge is 2.07. The van der Waals surface area contributed by atoms with Gasteiger partial charge in [-0.05, 0) is 36.4 Å². The summed E-state index contributed by atoms with van der Waals surface area (Å²) in [5, 5.41) is 14.2.